The molecule has 6 rings (SSSR count). The fourth-order valence-corrected chi connectivity index (χ4v) is 5.69. The lowest BCUT2D eigenvalue weighted by Crippen LogP contribution is -2.47. The maximum Gasteiger partial charge on any atom is 0.251 e. The number of nitrogens with zero attached hydrogens (tertiary/aromatic N) is 6. The summed E-state index contributed by atoms with van der Waals surface area (Å²) < 4.78 is 15.0. The number of nitrogens with one attached hydrogen (secondary N) is 2. The summed E-state index contributed by atoms with van der Waals surface area (Å²) in [5, 5.41) is 18.1. The van der Waals surface area contributed by atoms with Gasteiger partial charge in [-0.15, -0.1) is 5.10 Å². The van der Waals surface area contributed by atoms with E-state index in [0.29, 0.717) is 34.9 Å². The zero-order valence-corrected chi connectivity index (χ0v) is 23.3. The molecule has 1 aromatic heterocycles. The number of fused-ring (bicyclic) bond motifs is 1. The van der Waals surface area contributed by atoms with Crippen molar-refractivity contribution in [1.82, 2.24) is 30.4 Å². The van der Waals surface area contributed by atoms with Crippen molar-refractivity contribution in [3.63, 3.8) is 0 Å². The number of carbonyl (C=O) groups is 2. The number of anilines is 2. The van der Waals surface area contributed by atoms with E-state index in [9.17, 15) is 14.0 Å². The molecule has 42 heavy (non-hydrogen) atoms. The Labute approximate surface area is 246 Å². The summed E-state index contributed by atoms with van der Waals surface area (Å²) in [6.45, 7) is 3.82. The molecule has 1 atom stereocenters. The molecule has 3 aromatic carbocycles. The number of amides is 2. The number of piperazine rings is 1. The van der Waals surface area contributed by atoms with Crippen LogP contribution in [0.5, 0.6) is 0 Å². The molecule has 0 radical (unpaired) electrons. The average molecular weight is 587 g/mol. The second kappa shape index (κ2) is 12.1. The average Bonchev–Trinajstić information content (AvgIpc) is 3.55. The van der Waals surface area contributed by atoms with Gasteiger partial charge in [0.1, 0.15) is 18.2 Å². The minimum Gasteiger partial charge on any atom is -0.369 e. The van der Waals surface area contributed by atoms with Gasteiger partial charge in [-0.1, -0.05) is 23.7 Å². The summed E-state index contributed by atoms with van der Waals surface area (Å²) in [6.07, 6.45) is 5.13. The summed E-state index contributed by atoms with van der Waals surface area (Å²) >= 11 is 6.25. The Hall–Kier alpha value is -4.61. The van der Waals surface area contributed by atoms with E-state index in [1.807, 2.05) is 12.1 Å². The first-order valence-electron chi connectivity index (χ1n) is 13.6. The highest BCUT2D eigenvalue weighted by molar-refractivity contribution is 6.30. The predicted octanol–water partition coefficient (Wildman–Crippen LogP) is 3.64. The quantitative estimate of drug-likeness (QED) is 0.332. The molecule has 1 fully saturated rings. The lowest BCUT2D eigenvalue weighted by atomic mass is 9.89. The molecule has 0 aliphatic carbocycles. The molecule has 4 aromatic rings. The van der Waals surface area contributed by atoms with Crippen LogP contribution < -0.4 is 15.5 Å². The fourth-order valence-electron chi connectivity index (χ4n) is 5.51. The standard InChI is InChI=1S/C30H28ClFN8O2/c31-21-5-10-26(40-19-34-36-37-40)20(18-21)4-11-28(41)39-15-12-24-25(2-1-3-27(24)38-16-13-33-14-17-38)29(39)30(42)35-23-8-6-22(32)7-9-23/h1-11,18-19,29,33H,12-17H2,(H,35,42)/b11-4+. The van der Waals surface area contributed by atoms with Crippen LogP contribution >= 0.6 is 11.6 Å². The lowest BCUT2D eigenvalue weighted by molar-refractivity contribution is -0.135. The third kappa shape index (κ3) is 5.74. The number of carbonyl (C=O) groups excluding carboxylic acids is 2. The van der Waals surface area contributed by atoms with Crippen LogP contribution in [0.3, 0.4) is 0 Å². The molecule has 1 saturated heterocycles. The molecule has 2 N–H and O–H groups in total. The van der Waals surface area contributed by atoms with Crippen LogP contribution in [0.2, 0.25) is 5.02 Å². The van der Waals surface area contributed by atoms with Crippen LogP contribution in [0.4, 0.5) is 15.8 Å². The maximum atomic E-state index is 13.9. The number of tetrazole rings is 1. The predicted molar refractivity (Wildman–Crippen MR) is 158 cm³/mol. The maximum absolute atomic E-state index is 13.9. The summed E-state index contributed by atoms with van der Waals surface area (Å²) in [6, 6.07) is 15.8. The van der Waals surface area contributed by atoms with Crippen LogP contribution in [0.1, 0.15) is 22.7 Å². The van der Waals surface area contributed by atoms with Gasteiger partial charge in [-0.25, -0.2) is 4.39 Å². The number of aromatic nitrogens is 4. The third-order valence-corrected chi connectivity index (χ3v) is 7.72. The van der Waals surface area contributed by atoms with Crippen LogP contribution in [0, 0.1) is 5.82 Å². The summed E-state index contributed by atoms with van der Waals surface area (Å²) in [4.78, 5) is 31.5. The SMILES string of the molecule is O=C(Nc1ccc(F)cc1)C1c2cccc(N3CCNCC3)c2CCN1C(=O)/C=C/c1cc(Cl)ccc1-n1cnnn1. The van der Waals surface area contributed by atoms with E-state index in [-0.39, 0.29) is 11.8 Å². The van der Waals surface area contributed by atoms with Crippen LogP contribution in [0.25, 0.3) is 11.8 Å². The van der Waals surface area contributed by atoms with Gasteiger partial charge in [-0.05, 0) is 82.6 Å². The molecule has 2 aliphatic heterocycles. The number of rotatable bonds is 6. The van der Waals surface area contributed by atoms with Gasteiger partial charge in [0, 0.05) is 60.8 Å². The smallest absolute Gasteiger partial charge is 0.251 e. The molecular weight excluding hydrogens is 559 g/mol. The van der Waals surface area contributed by atoms with Gasteiger partial charge in [0.05, 0.1) is 5.69 Å². The van der Waals surface area contributed by atoms with Crippen molar-refractivity contribution in [2.45, 2.75) is 12.5 Å². The van der Waals surface area contributed by atoms with E-state index < -0.39 is 11.9 Å². The lowest BCUT2D eigenvalue weighted by Gasteiger charge is -2.39. The van der Waals surface area contributed by atoms with Crippen LogP contribution in [-0.4, -0.2) is 69.6 Å². The number of hydrogen-bond acceptors (Lipinski definition) is 7. The topological polar surface area (TPSA) is 108 Å². The Morgan fingerprint density at radius 2 is 1.83 bits per heavy atom. The first-order chi connectivity index (χ1) is 20.5. The van der Waals surface area contributed by atoms with Gasteiger partial charge in [-0.2, -0.15) is 4.68 Å². The Balaban J connectivity index is 1.34. The number of benzene rings is 3. The van der Waals surface area contributed by atoms with Crippen molar-refractivity contribution in [3.05, 3.63) is 101 Å². The third-order valence-electron chi connectivity index (χ3n) is 7.49. The minimum atomic E-state index is -0.892. The highest BCUT2D eigenvalue weighted by Crippen LogP contribution is 2.37. The minimum absolute atomic E-state index is 0.338. The van der Waals surface area contributed by atoms with E-state index in [2.05, 4.69) is 37.1 Å². The fraction of sp³-hybridized carbons (Fsp3) is 0.233. The molecule has 1 unspecified atom stereocenters. The zero-order valence-electron chi connectivity index (χ0n) is 22.6. The van der Waals surface area contributed by atoms with Crippen molar-refractivity contribution >= 4 is 40.9 Å². The molecule has 3 heterocycles. The zero-order chi connectivity index (χ0) is 29.1. The van der Waals surface area contributed by atoms with Gasteiger partial charge in [0.25, 0.3) is 5.91 Å². The molecule has 214 valence electrons. The normalized spacial score (nSPS) is 16.9. The van der Waals surface area contributed by atoms with Gasteiger partial charge < -0.3 is 20.4 Å². The van der Waals surface area contributed by atoms with Crippen molar-refractivity contribution in [2.75, 3.05) is 42.9 Å². The first-order valence-corrected chi connectivity index (χ1v) is 14.0. The van der Waals surface area contributed by atoms with Gasteiger partial charge in [0.2, 0.25) is 5.91 Å². The van der Waals surface area contributed by atoms with Gasteiger partial charge in [-0.3, -0.25) is 9.59 Å². The van der Waals surface area contributed by atoms with Crippen molar-refractivity contribution in [3.8, 4) is 5.69 Å². The largest absolute Gasteiger partial charge is 0.369 e. The highest BCUT2D eigenvalue weighted by Gasteiger charge is 2.37. The molecule has 0 saturated carbocycles. The van der Waals surface area contributed by atoms with E-state index in [0.717, 1.165) is 43.0 Å². The molecule has 0 bridgehead atoms. The van der Waals surface area contributed by atoms with Crippen molar-refractivity contribution < 1.29 is 14.0 Å². The summed E-state index contributed by atoms with van der Waals surface area (Å²) in [5.74, 6) is -1.12. The van der Waals surface area contributed by atoms with Crippen LogP contribution in [-0.2, 0) is 16.0 Å². The Bertz CT molecular complexity index is 1620. The summed E-state index contributed by atoms with van der Waals surface area (Å²) in [7, 11) is 0. The second-order valence-electron chi connectivity index (χ2n) is 10.1. The molecule has 2 aliphatic rings. The van der Waals surface area contributed by atoms with E-state index in [1.54, 1.807) is 29.2 Å². The van der Waals surface area contributed by atoms with Gasteiger partial charge in [0.15, 0.2) is 0 Å². The number of hydrogen-bond donors (Lipinski definition) is 2. The Morgan fingerprint density at radius 1 is 1.02 bits per heavy atom. The molecule has 2 amide bonds. The first kappa shape index (κ1) is 27.6. The van der Waals surface area contributed by atoms with Crippen molar-refractivity contribution in [2.24, 2.45) is 0 Å². The molecule has 0 spiro atoms. The molecule has 10 nitrogen and oxygen atoms in total. The van der Waals surface area contributed by atoms with E-state index in [1.165, 1.54) is 41.4 Å². The monoisotopic (exact) mass is 586 g/mol. The number of halogens is 2. The molecule has 12 heteroatoms. The Morgan fingerprint density at radius 3 is 2.60 bits per heavy atom. The van der Waals surface area contributed by atoms with Gasteiger partial charge >= 0.3 is 0 Å². The Kier molecular flexibility index (Phi) is 7.93. The molecular formula is C30H28ClFN8O2. The van der Waals surface area contributed by atoms with Crippen molar-refractivity contribution in [1.29, 1.82) is 0 Å². The van der Waals surface area contributed by atoms with Crippen LogP contribution in [0.15, 0.2) is 73.1 Å². The van der Waals surface area contributed by atoms with E-state index >= 15 is 0 Å². The highest BCUT2D eigenvalue weighted by atomic mass is 35.5. The second-order valence-corrected chi connectivity index (χ2v) is 10.5. The summed E-state index contributed by atoms with van der Waals surface area (Å²) in [5.41, 5.74) is 4.64. The van der Waals surface area contributed by atoms with E-state index in [4.69, 9.17) is 11.6 Å².